The van der Waals surface area contributed by atoms with Gasteiger partial charge in [-0.1, -0.05) is 0 Å². The normalized spacial score (nSPS) is 21.0. The van der Waals surface area contributed by atoms with Crippen LogP contribution in [0.15, 0.2) is 18.3 Å². The lowest BCUT2D eigenvalue weighted by Crippen LogP contribution is -2.42. The zero-order valence-corrected chi connectivity index (χ0v) is 11.4. The summed E-state index contributed by atoms with van der Waals surface area (Å²) in [5, 5.41) is 10.6. The van der Waals surface area contributed by atoms with Crippen molar-refractivity contribution in [1.29, 1.82) is 0 Å². The number of hydrogen-bond acceptors (Lipinski definition) is 6. The Hall–Kier alpha value is -2.31. The monoisotopic (exact) mass is 289 g/mol. The molecule has 3 rings (SSSR count). The average molecular weight is 289 g/mol. The minimum atomic E-state index is -0.481. The maximum atomic E-state index is 12.0. The first-order valence-electron chi connectivity index (χ1n) is 6.91. The number of piperidine rings is 1. The van der Waals surface area contributed by atoms with Crippen LogP contribution in [0.25, 0.3) is 0 Å². The van der Waals surface area contributed by atoms with Gasteiger partial charge in [0, 0.05) is 31.0 Å². The molecule has 2 fully saturated rings. The molecule has 7 heteroatoms. The van der Waals surface area contributed by atoms with Crippen LogP contribution in [0.4, 0.5) is 11.5 Å². The van der Waals surface area contributed by atoms with Gasteiger partial charge in [0.2, 0.25) is 0 Å². The quantitative estimate of drug-likeness (QED) is 0.465. The van der Waals surface area contributed by atoms with Gasteiger partial charge in [-0.05, 0) is 18.9 Å². The molecule has 1 saturated heterocycles. The minimum absolute atomic E-state index is 0.0382. The molecule has 110 valence electrons. The second kappa shape index (κ2) is 4.91. The third-order valence-corrected chi connectivity index (χ3v) is 4.47. The average Bonchev–Trinajstić information content (AvgIpc) is 2.74. The molecular formula is C14H15N3O4. The highest BCUT2D eigenvalue weighted by atomic mass is 16.6. The number of ketones is 2. The number of rotatable bonds is 2. The fourth-order valence-electron chi connectivity index (χ4n) is 3.20. The fourth-order valence-corrected chi connectivity index (χ4v) is 3.20. The van der Waals surface area contributed by atoms with E-state index in [0.29, 0.717) is 38.2 Å². The van der Waals surface area contributed by atoms with Gasteiger partial charge in [-0.25, -0.2) is 4.98 Å². The van der Waals surface area contributed by atoms with Gasteiger partial charge in [0.1, 0.15) is 23.6 Å². The summed E-state index contributed by atoms with van der Waals surface area (Å²) in [5.41, 5.74) is -0.502. The van der Waals surface area contributed by atoms with Crippen LogP contribution in [0.3, 0.4) is 0 Å². The lowest BCUT2D eigenvalue weighted by molar-refractivity contribution is -0.385. The number of carbonyl (C=O) groups excluding carboxylic acids is 2. The summed E-state index contributed by atoms with van der Waals surface area (Å²) in [4.78, 5) is 39.7. The molecule has 1 aliphatic carbocycles. The molecule has 0 N–H and O–H groups in total. The molecule has 0 unspecified atom stereocenters. The van der Waals surface area contributed by atoms with Gasteiger partial charge in [0.15, 0.2) is 0 Å². The second-order valence-electron chi connectivity index (χ2n) is 5.71. The van der Waals surface area contributed by atoms with E-state index in [1.165, 1.54) is 12.3 Å². The van der Waals surface area contributed by atoms with Crippen molar-refractivity contribution in [3.05, 3.63) is 28.4 Å². The van der Waals surface area contributed by atoms with Crippen molar-refractivity contribution in [2.24, 2.45) is 5.41 Å². The third kappa shape index (κ3) is 2.39. The Morgan fingerprint density at radius 1 is 1.24 bits per heavy atom. The van der Waals surface area contributed by atoms with E-state index in [0.717, 1.165) is 0 Å². The molecule has 2 aliphatic rings. The molecule has 0 atom stereocenters. The summed E-state index contributed by atoms with van der Waals surface area (Å²) in [6.45, 7) is 1.29. The molecular weight excluding hydrogens is 274 g/mol. The number of aromatic nitrogens is 1. The number of pyridine rings is 1. The van der Waals surface area contributed by atoms with Gasteiger partial charge in [-0.3, -0.25) is 19.7 Å². The Balaban J connectivity index is 1.70. The van der Waals surface area contributed by atoms with E-state index >= 15 is 0 Å². The number of hydrogen-bond donors (Lipinski definition) is 0. The van der Waals surface area contributed by atoms with E-state index in [-0.39, 0.29) is 23.7 Å². The number of anilines is 1. The molecule has 1 spiro atoms. The van der Waals surface area contributed by atoms with Crippen LogP contribution in [-0.4, -0.2) is 34.6 Å². The minimum Gasteiger partial charge on any atom is -0.357 e. The first-order valence-corrected chi connectivity index (χ1v) is 6.91. The van der Waals surface area contributed by atoms with Crippen LogP contribution in [0.2, 0.25) is 0 Å². The van der Waals surface area contributed by atoms with Gasteiger partial charge in [0.05, 0.1) is 11.3 Å². The van der Waals surface area contributed by atoms with E-state index in [2.05, 4.69) is 4.98 Å². The lowest BCUT2D eigenvalue weighted by Gasteiger charge is -2.38. The summed E-state index contributed by atoms with van der Waals surface area (Å²) in [6.07, 6.45) is 2.99. The first-order chi connectivity index (χ1) is 10.00. The SMILES string of the molecule is O=C1CC(=O)C2(CCN(c3ccc([N+](=O)[O-])cn3)CC2)C1. The number of nitro groups is 1. The van der Waals surface area contributed by atoms with Crippen molar-refractivity contribution < 1.29 is 14.5 Å². The maximum absolute atomic E-state index is 12.0. The van der Waals surface area contributed by atoms with Crippen LogP contribution < -0.4 is 4.90 Å². The predicted octanol–water partition coefficient (Wildman–Crippen LogP) is 1.51. The number of Topliss-reactive ketones (excluding diaryl/α,β-unsaturated/α-hetero) is 2. The largest absolute Gasteiger partial charge is 0.357 e. The van der Waals surface area contributed by atoms with Crippen molar-refractivity contribution in [3.8, 4) is 0 Å². The Morgan fingerprint density at radius 2 is 1.95 bits per heavy atom. The van der Waals surface area contributed by atoms with E-state index in [4.69, 9.17) is 0 Å². The smallest absolute Gasteiger partial charge is 0.287 e. The Bertz CT molecular complexity index is 603. The second-order valence-corrected chi connectivity index (χ2v) is 5.71. The number of carbonyl (C=O) groups is 2. The zero-order chi connectivity index (χ0) is 15.0. The van der Waals surface area contributed by atoms with Crippen molar-refractivity contribution in [1.82, 2.24) is 4.98 Å². The number of nitrogens with zero attached hydrogens (tertiary/aromatic N) is 3. The van der Waals surface area contributed by atoms with Crippen molar-refractivity contribution >= 4 is 23.1 Å². The molecule has 0 radical (unpaired) electrons. The van der Waals surface area contributed by atoms with Gasteiger partial charge in [0.25, 0.3) is 5.69 Å². The summed E-state index contributed by atoms with van der Waals surface area (Å²) in [5.74, 6) is 0.790. The molecule has 2 heterocycles. The molecule has 1 aromatic heterocycles. The van der Waals surface area contributed by atoms with Gasteiger partial charge in [-0.2, -0.15) is 0 Å². The summed E-state index contributed by atoms with van der Waals surface area (Å²) >= 11 is 0. The Kier molecular flexibility index (Phi) is 3.19. The van der Waals surface area contributed by atoms with Crippen LogP contribution in [-0.2, 0) is 9.59 Å². The molecule has 1 aromatic rings. The molecule has 21 heavy (non-hydrogen) atoms. The molecule has 1 saturated carbocycles. The highest BCUT2D eigenvalue weighted by molar-refractivity contribution is 6.09. The van der Waals surface area contributed by atoms with Gasteiger partial charge in [-0.15, -0.1) is 0 Å². The van der Waals surface area contributed by atoms with E-state index in [1.54, 1.807) is 6.07 Å². The summed E-state index contributed by atoms with van der Waals surface area (Å²) < 4.78 is 0. The molecule has 7 nitrogen and oxygen atoms in total. The Morgan fingerprint density at radius 3 is 2.43 bits per heavy atom. The highest BCUT2D eigenvalue weighted by Gasteiger charge is 2.47. The van der Waals surface area contributed by atoms with Crippen LogP contribution >= 0.6 is 0 Å². The van der Waals surface area contributed by atoms with Crippen LogP contribution in [0, 0.1) is 15.5 Å². The van der Waals surface area contributed by atoms with E-state index in [1.807, 2.05) is 4.90 Å². The maximum Gasteiger partial charge on any atom is 0.287 e. The predicted molar refractivity (Wildman–Crippen MR) is 74.0 cm³/mol. The van der Waals surface area contributed by atoms with Crippen molar-refractivity contribution in [3.63, 3.8) is 0 Å². The van der Waals surface area contributed by atoms with Crippen LogP contribution in [0.1, 0.15) is 25.7 Å². The topological polar surface area (TPSA) is 93.4 Å². The van der Waals surface area contributed by atoms with Crippen molar-refractivity contribution in [2.75, 3.05) is 18.0 Å². The van der Waals surface area contributed by atoms with Gasteiger partial charge >= 0.3 is 0 Å². The summed E-state index contributed by atoms with van der Waals surface area (Å²) in [6, 6.07) is 3.05. The molecule has 0 bridgehead atoms. The fraction of sp³-hybridized carbons (Fsp3) is 0.500. The van der Waals surface area contributed by atoms with E-state index in [9.17, 15) is 19.7 Å². The molecule has 0 amide bonds. The molecule has 0 aromatic carbocycles. The Labute approximate surface area is 121 Å². The van der Waals surface area contributed by atoms with Crippen molar-refractivity contribution in [2.45, 2.75) is 25.7 Å². The summed E-state index contributed by atoms with van der Waals surface area (Å²) in [7, 11) is 0. The third-order valence-electron chi connectivity index (χ3n) is 4.47. The lowest BCUT2D eigenvalue weighted by atomic mass is 9.76. The zero-order valence-electron chi connectivity index (χ0n) is 11.4. The standard InChI is InChI=1S/C14H15N3O4/c18-11-7-12(19)14(8-11)3-5-16(6-4-14)13-2-1-10(9-15-13)17(20)21/h1-2,9H,3-8H2. The molecule has 1 aliphatic heterocycles. The van der Waals surface area contributed by atoms with Crippen LogP contribution in [0.5, 0.6) is 0 Å². The first kappa shape index (κ1) is 13.7. The highest BCUT2D eigenvalue weighted by Crippen LogP contribution is 2.42. The van der Waals surface area contributed by atoms with E-state index < -0.39 is 10.3 Å². The van der Waals surface area contributed by atoms with Gasteiger partial charge < -0.3 is 4.90 Å².